The standard InChI is InChI=1S/C23H18Cl2F2N2O/c1-11-2-4-12(5-3-11)18-19(20(18)25)23(30)29-13-6-8-16(24)15(10-13)14-7-9-17(26)22(28)21(14)27/h2-10,18-20H,28H2,1H3,(H,29,30). The Morgan fingerprint density at radius 3 is 2.43 bits per heavy atom. The van der Waals surface area contributed by atoms with Gasteiger partial charge in [0.05, 0.1) is 11.3 Å². The third-order valence-electron chi connectivity index (χ3n) is 5.35. The van der Waals surface area contributed by atoms with Crippen LogP contribution in [-0.4, -0.2) is 11.3 Å². The molecule has 4 rings (SSSR count). The second kappa shape index (κ2) is 7.89. The number of amides is 1. The van der Waals surface area contributed by atoms with Crippen molar-refractivity contribution in [1.29, 1.82) is 0 Å². The molecule has 0 aliphatic heterocycles. The average Bonchev–Trinajstić information content (AvgIpc) is 3.39. The van der Waals surface area contributed by atoms with E-state index in [1.807, 2.05) is 31.2 Å². The predicted molar refractivity (Wildman–Crippen MR) is 117 cm³/mol. The summed E-state index contributed by atoms with van der Waals surface area (Å²) in [5, 5.41) is 2.77. The van der Waals surface area contributed by atoms with Crippen LogP contribution in [0.15, 0.2) is 54.6 Å². The molecule has 0 aromatic heterocycles. The topological polar surface area (TPSA) is 55.1 Å². The third kappa shape index (κ3) is 3.75. The molecule has 1 amide bonds. The quantitative estimate of drug-likeness (QED) is 0.373. The molecule has 1 aliphatic carbocycles. The van der Waals surface area contributed by atoms with E-state index < -0.39 is 17.3 Å². The summed E-state index contributed by atoms with van der Waals surface area (Å²) in [5.41, 5.74) is 7.80. The molecular formula is C23H18Cl2F2N2O. The first-order valence-corrected chi connectivity index (χ1v) is 10.1. The number of halogens is 4. The Morgan fingerprint density at radius 2 is 1.73 bits per heavy atom. The highest BCUT2D eigenvalue weighted by Crippen LogP contribution is 2.52. The number of rotatable bonds is 4. The maximum Gasteiger partial charge on any atom is 0.229 e. The number of hydrogen-bond donors (Lipinski definition) is 2. The minimum atomic E-state index is -0.900. The predicted octanol–water partition coefficient (Wildman–Crippen LogP) is 6.14. The van der Waals surface area contributed by atoms with E-state index in [0.29, 0.717) is 11.3 Å². The van der Waals surface area contributed by atoms with Gasteiger partial charge in [-0.2, -0.15) is 0 Å². The van der Waals surface area contributed by atoms with E-state index in [1.165, 1.54) is 18.2 Å². The maximum atomic E-state index is 14.5. The highest BCUT2D eigenvalue weighted by molar-refractivity contribution is 6.33. The number of nitrogens with one attached hydrogen (secondary N) is 1. The van der Waals surface area contributed by atoms with E-state index in [4.69, 9.17) is 28.9 Å². The van der Waals surface area contributed by atoms with E-state index >= 15 is 0 Å². The second-order valence-electron chi connectivity index (χ2n) is 7.41. The number of hydrogen-bond acceptors (Lipinski definition) is 2. The number of carbonyl (C=O) groups excluding carboxylic acids is 1. The van der Waals surface area contributed by atoms with Crippen LogP contribution in [0, 0.1) is 24.5 Å². The monoisotopic (exact) mass is 446 g/mol. The van der Waals surface area contributed by atoms with Crippen molar-refractivity contribution in [2.45, 2.75) is 18.2 Å². The van der Waals surface area contributed by atoms with Gasteiger partial charge in [0.1, 0.15) is 11.5 Å². The molecule has 3 aromatic carbocycles. The van der Waals surface area contributed by atoms with Crippen LogP contribution in [-0.2, 0) is 4.79 Å². The number of nitrogens with two attached hydrogens (primary N) is 1. The number of aryl methyl sites for hydroxylation is 1. The minimum Gasteiger partial charge on any atom is -0.394 e. The molecule has 3 unspecified atom stereocenters. The van der Waals surface area contributed by atoms with Gasteiger partial charge in [-0.25, -0.2) is 8.78 Å². The number of benzene rings is 3. The van der Waals surface area contributed by atoms with Gasteiger partial charge in [-0.1, -0.05) is 41.4 Å². The van der Waals surface area contributed by atoms with Gasteiger partial charge in [0.2, 0.25) is 5.91 Å². The maximum absolute atomic E-state index is 14.5. The molecular weight excluding hydrogens is 429 g/mol. The molecule has 30 heavy (non-hydrogen) atoms. The molecule has 0 radical (unpaired) electrons. The molecule has 1 fully saturated rings. The Kier molecular flexibility index (Phi) is 5.43. The first-order valence-electron chi connectivity index (χ1n) is 9.33. The summed E-state index contributed by atoms with van der Waals surface area (Å²) in [4.78, 5) is 12.8. The van der Waals surface area contributed by atoms with E-state index in [2.05, 4.69) is 5.32 Å². The van der Waals surface area contributed by atoms with E-state index in [-0.39, 0.29) is 33.7 Å². The van der Waals surface area contributed by atoms with Crippen LogP contribution >= 0.6 is 23.2 Å². The number of nitrogen functional groups attached to an aromatic ring is 1. The molecule has 0 heterocycles. The second-order valence-corrected chi connectivity index (χ2v) is 8.32. The first-order chi connectivity index (χ1) is 14.3. The lowest BCUT2D eigenvalue weighted by Crippen LogP contribution is -2.15. The van der Waals surface area contributed by atoms with Crippen LogP contribution in [0.1, 0.15) is 17.0 Å². The largest absolute Gasteiger partial charge is 0.394 e. The SMILES string of the molecule is Cc1ccc(C2C(Cl)C2C(=O)Nc2ccc(Cl)c(-c3ccc(F)c(N)c3F)c2)cc1. The summed E-state index contributed by atoms with van der Waals surface area (Å²) in [6.07, 6.45) is 0. The van der Waals surface area contributed by atoms with Crippen molar-refractivity contribution in [3.8, 4) is 11.1 Å². The van der Waals surface area contributed by atoms with Crippen molar-refractivity contribution >= 4 is 40.5 Å². The number of alkyl halides is 1. The molecule has 3 N–H and O–H groups in total. The Balaban J connectivity index is 1.56. The van der Waals surface area contributed by atoms with Crippen molar-refractivity contribution in [1.82, 2.24) is 0 Å². The lowest BCUT2D eigenvalue weighted by atomic mass is 10.0. The fourth-order valence-electron chi connectivity index (χ4n) is 3.57. The van der Waals surface area contributed by atoms with Crippen LogP contribution < -0.4 is 11.1 Å². The first kappa shape index (κ1) is 20.6. The highest BCUT2D eigenvalue weighted by atomic mass is 35.5. The van der Waals surface area contributed by atoms with Crippen molar-refractivity contribution in [2.24, 2.45) is 5.92 Å². The van der Waals surface area contributed by atoms with Gasteiger partial charge in [-0.15, -0.1) is 11.6 Å². The highest BCUT2D eigenvalue weighted by Gasteiger charge is 2.54. The molecule has 0 saturated heterocycles. The number of carbonyl (C=O) groups is 1. The van der Waals surface area contributed by atoms with Gasteiger partial charge in [0, 0.05) is 27.8 Å². The van der Waals surface area contributed by atoms with E-state index in [1.54, 1.807) is 6.07 Å². The summed E-state index contributed by atoms with van der Waals surface area (Å²) < 4.78 is 27.9. The molecule has 154 valence electrons. The van der Waals surface area contributed by atoms with Crippen LogP contribution in [0.25, 0.3) is 11.1 Å². The summed E-state index contributed by atoms with van der Waals surface area (Å²) in [7, 11) is 0. The lowest BCUT2D eigenvalue weighted by Gasteiger charge is -2.12. The van der Waals surface area contributed by atoms with Gasteiger partial charge in [0.15, 0.2) is 5.82 Å². The molecule has 3 aromatic rings. The Bertz CT molecular complexity index is 1130. The van der Waals surface area contributed by atoms with Crippen molar-refractivity contribution < 1.29 is 13.6 Å². The van der Waals surface area contributed by atoms with Crippen LogP contribution in [0.3, 0.4) is 0 Å². The summed E-state index contributed by atoms with van der Waals surface area (Å²) in [6, 6.07) is 14.9. The fourth-order valence-corrected chi connectivity index (χ4v) is 4.28. The molecule has 7 heteroatoms. The smallest absolute Gasteiger partial charge is 0.229 e. The fraction of sp³-hybridized carbons (Fsp3) is 0.174. The van der Waals surface area contributed by atoms with Crippen molar-refractivity contribution in [3.05, 3.63) is 82.4 Å². The molecule has 1 aliphatic rings. The summed E-state index contributed by atoms with van der Waals surface area (Å²) in [5.74, 6) is -2.41. The van der Waals surface area contributed by atoms with E-state index in [9.17, 15) is 13.6 Å². The van der Waals surface area contributed by atoms with Gasteiger partial charge < -0.3 is 11.1 Å². The normalized spacial score (nSPS) is 20.1. The molecule has 3 atom stereocenters. The van der Waals surface area contributed by atoms with Gasteiger partial charge in [-0.3, -0.25) is 4.79 Å². The number of anilines is 2. The van der Waals surface area contributed by atoms with Gasteiger partial charge >= 0.3 is 0 Å². The van der Waals surface area contributed by atoms with E-state index in [0.717, 1.165) is 17.2 Å². The zero-order valence-corrected chi connectivity index (χ0v) is 17.4. The molecule has 3 nitrogen and oxygen atoms in total. The average molecular weight is 447 g/mol. The Morgan fingerprint density at radius 1 is 1.03 bits per heavy atom. The van der Waals surface area contributed by atoms with Gasteiger partial charge in [-0.05, 0) is 42.8 Å². The summed E-state index contributed by atoms with van der Waals surface area (Å²) in [6.45, 7) is 1.99. The van der Waals surface area contributed by atoms with Gasteiger partial charge in [0.25, 0.3) is 0 Å². The van der Waals surface area contributed by atoms with Crippen LogP contribution in [0.5, 0.6) is 0 Å². The van der Waals surface area contributed by atoms with Crippen molar-refractivity contribution in [3.63, 3.8) is 0 Å². The molecule has 1 saturated carbocycles. The Labute approximate surface area is 182 Å². The van der Waals surface area contributed by atoms with Crippen molar-refractivity contribution in [2.75, 3.05) is 11.1 Å². The molecule has 0 bridgehead atoms. The van der Waals surface area contributed by atoms with Crippen LogP contribution in [0.4, 0.5) is 20.2 Å². The summed E-state index contributed by atoms with van der Waals surface area (Å²) >= 11 is 12.6. The zero-order chi connectivity index (χ0) is 21.6. The lowest BCUT2D eigenvalue weighted by molar-refractivity contribution is -0.117. The Hall–Kier alpha value is -2.63. The third-order valence-corrected chi connectivity index (χ3v) is 6.22. The zero-order valence-electron chi connectivity index (χ0n) is 15.9. The van der Waals surface area contributed by atoms with Crippen LogP contribution in [0.2, 0.25) is 5.02 Å². The minimum absolute atomic E-state index is 0.0502. The molecule has 0 spiro atoms.